The second kappa shape index (κ2) is 7.26. The molecule has 2 aliphatic rings. The molecule has 0 aromatic carbocycles. The van der Waals surface area contributed by atoms with Gasteiger partial charge in [-0.2, -0.15) is 0 Å². The van der Waals surface area contributed by atoms with Crippen LogP contribution in [-0.4, -0.2) is 45.9 Å². The summed E-state index contributed by atoms with van der Waals surface area (Å²) in [6, 6.07) is 1.73. The predicted octanol–water partition coefficient (Wildman–Crippen LogP) is 0.341. The van der Waals surface area contributed by atoms with Crippen LogP contribution in [0.3, 0.4) is 0 Å². The Balaban J connectivity index is 1.58. The van der Waals surface area contributed by atoms with Gasteiger partial charge in [-0.3, -0.25) is 4.79 Å². The predicted molar refractivity (Wildman–Crippen MR) is 75.0 cm³/mol. The van der Waals surface area contributed by atoms with Crippen molar-refractivity contribution in [1.29, 1.82) is 0 Å². The van der Waals surface area contributed by atoms with Crippen LogP contribution in [0.1, 0.15) is 38.5 Å². The van der Waals surface area contributed by atoms with Gasteiger partial charge in [-0.25, -0.2) is 0 Å². The van der Waals surface area contributed by atoms with Gasteiger partial charge in [0.2, 0.25) is 0 Å². The maximum Gasteiger partial charge on any atom is 0.360 e. The van der Waals surface area contributed by atoms with Crippen LogP contribution in [0.4, 0.5) is 0 Å². The Bertz CT molecular complexity index is 290. The van der Waals surface area contributed by atoms with Crippen LogP contribution in [0.25, 0.3) is 0 Å². The quantitative estimate of drug-likeness (QED) is 0.537. The van der Waals surface area contributed by atoms with Crippen LogP contribution in [-0.2, 0) is 14.2 Å². The van der Waals surface area contributed by atoms with Crippen LogP contribution in [0.2, 0.25) is 0 Å². The van der Waals surface area contributed by atoms with E-state index in [0.717, 1.165) is 12.8 Å². The highest BCUT2D eigenvalue weighted by molar-refractivity contribution is 6.23. The molecule has 0 heterocycles. The van der Waals surface area contributed by atoms with Crippen molar-refractivity contribution >= 4 is 13.6 Å². The van der Waals surface area contributed by atoms with Gasteiger partial charge >= 0.3 is 13.6 Å². The van der Waals surface area contributed by atoms with E-state index in [9.17, 15) is 4.79 Å². The third-order valence-electron chi connectivity index (χ3n) is 4.39. The fraction of sp³-hybridized carbons (Fsp3) is 0.923. The summed E-state index contributed by atoms with van der Waals surface area (Å²) in [5.41, 5.74) is 0. The number of ether oxygens (including phenoxy) is 1. The summed E-state index contributed by atoms with van der Waals surface area (Å²) in [5.74, 6) is 0.0766. The summed E-state index contributed by atoms with van der Waals surface area (Å²) in [6.45, 7) is 0. The molecule has 0 amide bonds. The summed E-state index contributed by atoms with van der Waals surface area (Å²) < 4.78 is 9.79. The molecule has 0 bridgehead atoms. The summed E-state index contributed by atoms with van der Waals surface area (Å²) >= 11 is 0. The SMILES string of the molecule is COBNC1CCC(NC2CC(C(=O)OC)C2)CC1. The Morgan fingerprint density at radius 1 is 1.05 bits per heavy atom. The lowest BCUT2D eigenvalue weighted by Crippen LogP contribution is -2.50. The number of rotatable bonds is 6. The van der Waals surface area contributed by atoms with Crippen molar-refractivity contribution in [3.05, 3.63) is 0 Å². The van der Waals surface area contributed by atoms with E-state index >= 15 is 0 Å². The molecule has 0 aromatic heterocycles. The summed E-state index contributed by atoms with van der Waals surface area (Å²) in [7, 11) is 3.83. The van der Waals surface area contributed by atoms with Crippen LogP contribution >= 0.6 is 0 Å². The normalized spacial score (nSPS) is 34.4. The van der Waals surface area contributed by atoms with Gasteiger partial charge in [0.25, 0.3) is 0 Å². The van der Waals surface area contributed by atoms with Crippen molar-refractivity contribution in [3.63, 3.8) is 0 Å². The smallest absolute Gasteiger partial charge is 0.360 e. The molecule has 0 unspecified atom stereocenters. The first-order valence-corrected chi connectivity index (χ1v) is 7.29. The number of methoxy groups -OCH3 is 1. The molecule has 0 atom stereocenters. The minimum atomic E-state index is -0.0504. The van der Waals surface area contributed by atoms with Gasteiger partial charge in [-0.1, -0.05) is 0 Å². The number of nitrogens with one attached hydrogen (secondary N) is 2. The largest absolute Gasteiger partial charge is 0.469 e. The molecule has 0 aliphatic heterocycles. The average Bonchev–Trinajstić information content (AvgIpc) is 2.40. The lowest BCUT2D eigenvalue weighted by atomic mass is 9.79. The molecule has 2 fully saturated rings. The average molecular weight is 268 g/mol. The van der Waals surface area contributed by atoms with Gasteiger partial charge < -0.3 is 19.9 Å². The topological polar surface area (TPSA) is 59.6 Å². The molecular formula is C13H25BN2O3. The molecule has 19 heavy (non-hydrogen) atoms. The number of carbonyl (C=O) groups is 1. The van der Waals surface area contributed by atoms with Crippen molar-refractivity contribution < 1.29 is 14.2 Å². The number of hydrogen-bond acceptors (Lipinski definition) is 5. The maximum absolute atomic E-state index is 11.3. The zero-order chi connectivity index (χ0) is 13.7. The third-order valence-corrected chi connectivity index (χ3v) is 4.39. The molecule has 0 spiro atoms. The van der Waals surface area contributed by atoms with Crippen LogP contribution in [0.5, 0.6) is 0 Å². The van der Waals surface area contributed by atoms with Gasteiger partial charge in [0, 0.05) is 19.2 Å². The van der Waals surface area contributed by atoms with Gasteiger partial charge in [0.05, 0.1) is 13.0 Å². The van der Waals surface area contributed by atoms with Crippen LogP contribution in [0.15, 0.2) is 0 Å². The first-order chi connectivity index (χ1) is 9.22. The molecule has 108 valence electrons. The first kappa shape index (κ1) is 14.8. The zero-order valence-corrected chi connectivity index (χ0v) is 12.0. The number of esters is 1. The van der Waals surface area contributed by atoms with Crippen molar-refractivity contribution in [2.45, 2.75) is 56.7 Å². The minimum Gasteiger partial charge on any atom is -0.469 e. The molecule has 0 aromatic rings. The van der Waals surface area contributed by atoms with E-state index in [0.29, 0.717) is 25.7 Å². The van der Waals surface area contributed by atoms with E-state index in [1.54, 1.807) is 7.11 Å². The van der Waals surface area contributed by atoms with Crippen molar-refractivity contribution in [2.24, 2.45) is 5.92 Å². The van der Waals surface area contributed by atoms with E-state index in [1.165, 1.54) is 32.8 Å². The highest BCUT2D eigenvalue weighted by Gasteiger charge is 2.36. The fourth-order valence-corrected chi connectivity index (χ4v) is 3.11. The van der Waals surface area contributed by atoms with Gasteiger partial charge in [-0.15, -0.1) is 0 Å². The molecule has 2 aliphatic carbocycles. The Labute approximate surface area is 116 Å². The van der Waals surface area contributed by atoms with E-state index < -0.39 is 0 Å². The van der Waals surface area contributed by atoms with E-state index in [2.05, 4.69) is 10.5 Å². The highest BCUT2D eigenvalue weighted by atomic mass is 16.5. The lowest BCUT2D eigenvalue weighted by molar-refractivity contribution is -0.149. The Kier molecular flexibility index (Phi) is 5.67. The van der Waals surface area contributed by atoms with Gasteiger partial charge in [-0.05, 0) is 44.6 Å². The second-order valence-corrected chi connectivity index (χ2v) is 5.74. The molecular weight excluding hydrogens is 243 g/mol. The Morgan fingerprint density at radius 2 is 1.68 bits per heavy atom. The second-order valence-electron chi connectivity index (χ2n) is 5.74. The van der Waals surface area contributed by atoms with Crippen molar-refractivity contribution in [2.75, 3.05) is 14.2 Å². The standard InChI is InChI=1S/C13H25BN2O3/c1-18-13(17)9-7-12(8-9)15-10-3-5-11(6-4-10)16-14-19-2/h9-12,14-16H,3-8H2,1-2H3. The molecule has 0 saturated heterocycles. The summed E-state index contributed by atoms with van der Waals surface area (Å²) in [6.07, 6.45) is 6.70. The number of carbonyl (C=O) groups excluding carboxylic acids is 1. The minimum absolute atomic E-state index is 0.0504. The molecule has 2 rings (SSSR count). The Hall–Kier alpha value is -0.585. The van der Waals surface area contributed by atoms with Crippen molar-refractivity contribution in [1.82, 2.24) is 10.5 Å². The third kappa shape index (κ3) is 4.19. The van der Waals surface area contributed by atoms with Crippen LogP contribution in [0, 0.1) is 5.92 Å². The summed E-state index contributed by atoms with van der Waals surface area (Å²) in [4.78, 5) is 11.3. The highest BCUT2D eigenvalue weighted by Crippen LogP contribution is 2.30. The molecule has 5 nitrogen and oxygen atoms in total. The van der Waals surface area contributed by atoms with E-state index in [4.69, 9.17) is 9.39 Å². The molecule has 6 heteroatoms. The van der Waals surface area contributed by atoms with Crippen molar-refractivity contribution in [3.8, 4) is 0 Å². The monoisotopic (exact) mass is 268 g/mol. The van der Waals surface area contributed by atoms with E-state index in [-0.39, 0.29) is 11.9 Å². The first-order valence-electron chi connectivity index (χ1n) is 7.29. The maximum atomic E-state index is 11.3. The van der Waals surface area contributed by atoms with Gasteiger partial charge in [0.1, 0.15) is 0 Å². The van der Waals surface area contributed by atoms with Gasteiger partial charge in [0.15, 0.2) is 0 Å². The number of hydrogen-bond donors (Lipinski definition) is 2. The van der Waals surface area contributed by atoms with E-state index in [1.807, 2.05) is 0 Å². The summed E-state index contributed by atoms with van der Waals surface area (Å²) in [5, 5.41) is 7.07. The lowest BCUT2D eigenvalue weighted by Gasteiger charge is -2.39. The van der Waals surface area contributed by atoms with Crippen LogP contribution < -0.4 is 10.5 Å². The fourth-order valence-electron chi connectivity index (χ4n) is 3.11. The molecule has 2 saturated carbocycles. The zero-order valence-electron chi connectivity index (χ0n) is 12.0. The Morgan fingerprint density at radius 3 is 2.26 bits per heavy atom. The molecule has 0 radical (unpaired) electrons. The molecule has 2 N–H and O–H groups in total.